The van der Waals surface area contributed by atoms with Crippen LogP contribution in [-0.2, 0) is 11.2 Å². The predicted molar refractivity (Wildman–Crippen MR) is 102 cm³/mol. The molecule has 0 amide bonds. The molecule has 0 saturated carbocycles. The molecule has 6 nitrogen and oxygen atoms in total. The zero-order valence-electron chi connectivity index (χ0n) is 16.5. The molecule has 1 atom stereocenters. The first-order valence-electron chi connectivity index (χ1n) is 9.49. The number of aromatic nitrogens is 2. The van der Waals surface area contributed by atoms with Crippen LogP contribution >= 0.6 is 0 Å². The van der Waals surface area contributed by atoms with Crippen molar-refractivity contribution >= 4 is 11.8 Å². The third-order valence-electron chi connectivity index (χ3n) is 4.88. The van der Waals surface area contributed by atoms with Crippen LogP contribution in [0.1, 0.15) is 39.6 Å². The number of benzene rings is 1. The van der Waals surface area contributed by atoms with Crippen LogP contribution in [0.2, 0.25) is 0 Å². The molecule has 0 radical (unpaired) electrons. The molecule has 170 valence electrons. The van der Waals surface area contributed by atoms with Crippen LogP contribution in [0.3, 0.4) is 0 Å². The number of ether oxygens (including phenoxy) is 2. The zero-order chi connectivity index (χ0) is 23.8. The average Bonchev–Trinajstić information content (AvgIpc) is 3.12. The largest absolute Gasteiger partial charge is 0.573 e. The van der Waals surface area contributed by atoms with Gasteiger partial charge in [-0.15, -0.1) is 13.2 Å². The lowest BCUT2D eigenvalue weighted by Crippen LogP contribution is -2.18. The van der Waals surface area contributed by atoms with Crippen molar-refractivity contribution in [2.45, 2.75) is 25.1 Å². The third kappa shape index (κ3) is 4.97. The Morgan fingerprint density at radius 2 is 1.91 bits per heavy atom. The number of ketones is 1. The van der Waals surface area contributed by atoms with Crippen LogP contribution < -0.4 is 9.47 Å². The van der Waals surface area contributed by atoms with Gasteiger partial charge in [0.1, 0.15) is 5.82 Å². The Morgan fingerprint density at radius 3 is 2.61 bits per heavy atom. The van der Waals surface area contributed by atoms with Crippen LogP contribution in [0.25, 0.3) is 0 Å². The molecule has 3 heterocycles. The summed E-state index contributed by atoms with van der Waals surface area (Å²) in [6.07, 6.45) is -3.05. The first-order chi connectivity index (χ1) is 15.6. The quantitative estimate of drug-likeness (QED) is 0.303. The maximum absolute atomic E-state index is 14.5. The molecule has 0 N–H and O–H groups in total. The molecular weight excluding hydrogens is 451 g/mol. The summed E-state index contributed by atoms with van der Waals surface area (Å²) in [4.78, 5) is 32.3. The van der Waals surface area contributed by atoms with Gasteiger partial charge < -0.3 is 9.47 Å². The van der Waals surface area contributed by atoms with E-state index in [1.54, 1.807) is 0 Å². The van der Waals surface area contributed by atoms with Crippen LogP contribution in [-0.4, -0.2) is 28.1 Å². The molecule has 0 saturated heterocycles. The number of esters is 1. The molecule has 4 rings (SSSR count). The van der Waals surface area contributed by atoms with E-state index in [4.69, 9.17) is 4.74 Å². The van der Waals surface area contributed by atoms with Crippen molar-refractivity contribution in [2.75, 3.05) is 0 Å². The van der Waals surface area contributed by atoms with Gasteiger partial charge in [0.2, 0.25) is 0 Å². The molecule has 0 bridgehead atoms. The van der Waals surface area contributed by atoms with Gasteiger partial charge in [-0.25, -0.2) is 8.78 Å². The minimum atomic E-state index is -5.10. The predicted octanol–water partition coefficient (Wildman–Crippen LogP) is 4.52. The molecule has 1 aromatic carbocycles. The Labute approximate surface area is 183 Å². The van der Waals surface area contributed by atoms with Crippen LogP contribution in [0.5, 0.6) is 11.5 Å². The summed E-state index contributed by atoms with van der Waals surface area (Å²) >= 11 is 0. The van der Waals surface area contributed by atoms with E-state index in [-0.39, 0.29) is 29.0 Å². The number of rotatable bonds is 6. The Balaban J connectivity index is 1.68. The second-order valence-electron chi connectivity index (χ2n) is 7.11. The van der Waals surface area contributed by atoms with Crippen LogP contribution in [0.4, 0.5) is 22.0 Å². The van der Waals surface area contributed by atoms with Gasteiger partial charge in [0.25, 0.3) is 0 Å². The second-order valence-corrected chi connectivity index (χ2v) is 7.11. The molecule has 33 heavy (non-hydrogen) atoms. The monoisotopic (exact) mass is 464 g/mol. The summed E-state index contributed by atoms with van der Waals surface area (Å²) in [6.45, 7) is 0. The lowest BCUT2D eigenvalue weighted by Gasteiger charge is -2.18. The maximum atomic E-state index is 14.5. The highest BCUT2D eigenvalue weighted by atomic mass is 19.4. The normalized spacial score (nSPS) is 13.9. The number of halogens is 5. The van der Waals surface area contributed by atoms with Gasteiger partial charge in [-0.3, -0.25) is 19.6 Å². The summed E-state index contributed by atoms with van der Waals surface area (Å²) in [5.41, 5.74) is 0.234. The van der Waals surface area contributed by atoms with Crippen LogP contribution in [0, 0.1) is 11.6 Å². The van der Waals surface area contributed by atoms with E-state index in [2.05, 4.69) is 14.7 Å². The smallest absolute Gasteiger partial charge is 0.424 e. The number of Topliss-reactive ketones (excluding diaryl/α,β-unsaturated/α-hetero) is 1. The average molecular weight is 464 g/mol. The summed E-state index contributed by atoms with van der Waals surface area (Å²) in [5.74, 6) is -5.28. The summed E-state index contributed by atoms with van der Waals surface area (Å²) < 4.78 is 74.7. The van der Waals surface area contributed by atoms with E-state index in [1.165, 1.54) is 24.5 Å². The van der Waals surface area contributed by atoms with E-state index < -0.39 is 47.8 Å². The van der Waals surface area contributed by atoms with Gasteiger partial charge in [-0.1, -0.05) is 6.07 Å². The summed E-state index contributed by atoms with van der Waals surface area (Å²) in [7, 11) is 0. The van der Waals surface area contributed by atoms with Crippen molar-refractivity contribution in [2.24, 2.45) is 0 Å². The minimum Gasteiger partial charge on any atom is -0.424 e. The van der Waals surface area contributed by atoms with Gasteiger partial charge in [0.15, 0.2) is 23.1 Å². The van der Waals surface area contributed by atoms with Gasteiger partial charge in [-0.2, -0.15) is 0 Å². The van der Waals surface area contributed by atoms with Crippen molar-refractivity contribution in [1.82, 2.24) is 9.97 Å². The highest BCUT2D eigenvalue weighted by Gasteiger charge is 2.33. The van der Waals surface area contributed by atoms with E-state index in [9.17, 15) is 31.5 Å². The number of hydrogen-bond donors (Lipinski definition) is 0. The molecule has 0 fully saturated rings. The summed E-state index contributed by atoms with van der Waals surface area (Å²) in [5, 5.41) is 0. The van der Waals surface area contributed by atoms with E-state index in [0.717, 1.165) is 24.3 Å². The lowest BCUT2D eigenvalue weighted by atomic mass is 9.88. The van der Waals surface area contributed by atoms with Crippen molar-refractivity contribution in [1.29, 1.82) is 0 Å². The third-order valence-corrected chi connectivity index (χ3v) is 4.88. The topological polar surface area (TPSA) is 78.4 Å². The molecule has 11 heteroatoms. The number of nitrogens with zero attached hydrogens (tertiary/aromatic N) is 2. The number of fused-ring (bicyclic) bond motifs is 1. The lowest BCUT2D eigenvalue weighted by molar-refractivity contribution is -0.275. The number of carbonyl (C=O) groups excluding carboxylic acids is 2. The van der Waals surface area contributed by atoms with Gasteiger partial charge in [0.05, 0.1) is 17.8 Å². The molecule has 0 spiro atoms. The molecule has 1 aliphatic rings. The van der Waals surface area contributed by atoms with Crippen molar-refractivity contribution in [3.8, 4) is 11.5 Å². The van der Waals surface area contributed by atoms with E-state index in [1.807, 2.05) is 0 Å². The first kappa shape index (κ1) is 22.3. The van der Waals surface area contributed by atoms with E-state index >= 15 is 0 Å². The molecule has 2 aromatic heterocycles. The SMILES string of the molecule is O=C1Cc2ncc(C(=O)C[C@@H](c3ccc(OC(F)(F)F)c(F)c3)c3ncccc3F)cc2O1. The Kier molecular flexibility index (Phi) is 5.79. The molecular formula is C22H13F5N2O4. The summed E-state index contributed by atoms with van der Waals surface area (Å²) in [6, 6.07) is 6.30. The Hall–Kier alpha value is -3.89. The number of hydrogen-bond acceptors (Lipinski definition) is 6. The zero-order valence-corrected chi connectivity index (χ0v) is 16.5. The van der Waals surface area contributed by atoms with Crippen LogP contribution in [0.15, 0.2) is 48.8 Å². The van der Waals surface area contributed by atoms with Crippen molar-refractivity contribution in [3.05, 3.63) is 82.9 Å². The standard InChI is InChI=1S/C22H13F5N2O4/c23-14-2-1-5-28-21(14)13(11-3-4-18(15(24)6-11)33-22(25,26)27)8-17(30)12-7-19-16(29-10-12)9-20(31)32-19/h1-7,10,13H,8-9H2/t13-/m0/s1. The number of pyridine rings is 2. The van der Waals surface area contributed by atoms with Crippen molar-refractivity contribution in [3.63, 3.8) is 0 Å². The highest BCUT2D eigenvalue weighted by molar-refractivity contribution is 5.97. The highest BCUT2D eigenvalue weighted by Crippen LogP contribution is 2.34. The van der Waals surface area contributed by atoms with Gasteiger partial charge in [-0.05, 0) is 35.9 Å². The molecule has 0 unspecified atom stereocenters. The maximum Gasteiger partial charge on any atom is 0.573 e. The first-order valence-corrected chi connectivity index (χ1v) is 9.49. The Bertz CT molecular complexity index is 1250. The fraction of sp³-hybridized carbons (Fsp3) is 0.182. The van der Waals surface area contributed by atoms with E-state index in [0.29, 0.717) is 5.69 Å². The fourth-order valence-electron chi connectivity index (χ4n) is 3.41. The molecule has 3 aromatic rings. The number of carbonyl (C=O) groups is 2. The molecule has 0 aliphatic carbocycles. The fourth-order valence-corrected chi connectivity index (χ4v) is 3.41. The Morgan fingerprint density at radius 1 is 1.12 bits per heavy atom. The molecule has 1 aliphatic heterocycles. The minimum absolute atomic E-state index is 0.00789. The number of alkyl halides is 3. The van der Waals surface area contributed by atoms with Crippen molar-refractivity contribution < 1.29 is 41.0 Å². The van der Waals surface area contributed by atoms with Gasteiger partial charge in [0, 0.05) is 30.3 Å². The van der Waals surface area contributed by atoms with Gasteiger partial charge >= 0.3 is 12.3 Å². The second kappa shape index (κ2) is 8.57.